The SMILES string of the molecule is CC(c1nc(-c2cccc(C(=O)O)c2)no1)C1CCNCC1. The van der Waals surface area contributed by atoms with E-state index in [9.17, 15) is 4.79 Å². The monoisotopic (exact) mass is 301 g/mol. The molecular weight excluding hydrogens is 282 g/mol. The minimum atomic E-state index is -0.964. The highest BCUT2D eigenvalue weighted by Crippen LogP contribution is 2.30. The third-order valence-electron chi connectivity index (χ3n) is 4.29. The van der Waals surface area contributed by atoms with Gasteiger partial charge in [0.2, 0.25) is 11.7 Å². The summed E-state index contributed by atoms with van der Waals surface area (Å²) >= 11 is 0. The first-order valence-electron chi connectivity index (χ1n) is 7.53. The van der Waals surface area contributed by atoms with Crippen LogP contribution in [0.3, 0.4) is 0 Å². The molecule has 1 aliphatic rings. The second-order valence-corrected chi connectivity index (χ2v) is 5.72. The smallest absolute Gasteiger partial charge is 0.335 e. The summed E-state index contributed by atoms with van der Waals surface area (Å²) in [5.41, 5.74) is 0.877. The quantitative estimate of drug-likeness (QED) is 0.902. The van der Waals surface area contributed by atoms with Crippen LogP contribution in [0.2, 0.25) is 0 Å². The van der Waals surface area contributed by atoms with Crippen molar-refractivity contribution in [2.45, 2.75) is 25.7 Å². The van der Waals surface area contributed by atoms with E-state index >= 15 is 0 Å². The van der Waals surface area contributed by atoms with Gasteiger partial charge in [0.15, 0.2) is 0 Å². The average molecular weight is 301 g/mol. The molecule has 22 heavy (non-hydrogen) atoms. The highest BCUT2D eigenvalue weighted by molar-refractivity contribution is 5.89. The Kier molecular flexibility index (Phi) is 4.20. The molecule has 6 nitrogen and oxygen atoms in total. The summed E-state index contributed by atoms with van der Waals surface area (Å²) in [6, 6.07) is 6.58. The summed E-state index contributed by atoms with van der Waals surface area (Å²) in [5, 5.41) is 16.4. The van der Waals surface area contributed by atoms with E-state index < -0.39 is 5.97 Å². The molecule has 0 saturated carbocycles. The number of rotatable bonds is 4. The lowest BCUT2D eigenvalue weighted by molar-refractivity contribution is 0.0697. The number of aromatic carboxylic acids is 1. The maximum Gasteiger partial charge on any atom is 0.335 e. The minimum Gasteiger partial charge on any atom is -0.478 e. The molecule has 2 heterocycles. The molecule has 116 valence electrons. The molecule has 1 aromatic heterocycles. The third-order valence-corrected chi connectivity index (χ3v) is 4.29. The molecule has 0 aliphatic carbocycles. The Bertz CT molecular complexity index is 662. The third kappa shape index (κ3) is 3.01. The maximum absolute atomic E-state index is 11.0. The highest BCUT2D eigenvalue weighted by Gasteiger charge is 2.26. The molecule has 2 aromatic rings. The van der Waals surface area contributed by atoms with Crippen molar-refractivity contribution in [3.8, 4) is 11.4 Å². The number of nitrogens with one attached hydrogen (secondary N) is 1. The molecule has 0 radical (unpaired) electrons. The van der Waals surface area contributed by atoms with Crippen LogP contribution < -0.4 is 5.32 Å². The molecule has 0 spiro atoms. The van der Waals surface area contributed by atoms with Crippen molar-refractivity contribution >= 4 is 5.97 Å². The van der Waals surface area contributed by atoms with Gasteiger partial charge in [-0.2, -0.15) is 4.98 Å². The molecule has 0 amide bonds. The number of carboxylic acid groups (broad SMARTS) is 1. The Morgan fingerprint density at radius 2 is 2.18 bits per heavy atom. The average Bonchev–Trinajstić information content (AvgIpc) is 3.05. The van der Waals surface area contributed by atoms with Gasteiger partial charge in [-0.05, 0) is 44.0 Å². The zero-order chi connectivity index (χ0) is 15.5. The van der Waals surface area contributed by atoms with Crippen molar-refractivity contribution in [3.05, 3.63) is 35.7 Å². The second kappa shape index (κ2) is 6.27. The lowest BCUT2D eigenvalue weighted by Gasteiger charge is -2.25. The lowest BCUT2D eigenvalue weighted by Crippen LogP contribution is -2.30. The predicted octanol–water partition coefficient (Wildman–Crippen LogP) is 2.54. The van der Waals surface area contributed by atoms with Crippen molar-refractivity contribution in [1.29, 1.82) is 0 Å². The molecular formula is C16H19N3O3. The Labute approximate surface area is 128 Å². The lowest BCUT2D eigenvalue weighted by atomic mass is 9.86. The first kappa shape index (κ1) is 14.7. The number of hydrogen-bond acceptors (Lipinski definition) is 5. The Morgan fingerprint density at radius 1 is 1.41 bits per heavy atom. The van der Waals surface area contributed by atoms with E-state index in [1.807, 2.05) is 0 Å². The summed E-state index contributed by atoms with van der Waals surface area (Å²) in [4.78, 5) is 15.5. The van der Waals surface area contributed by atoms with E-state index in [1.54, 1.807) is 24.3 Å². The summed E-state index contributed by atoms with van der Waals surface area (Å²) < 4.78 is 5.41. The standard InChI is InChI=1S/C16H19N3O3/c1-10(11-5-7-17-8-6-11)15-18-14(19-22-15)12-3-2-4-13(9-12)16(20)21/h2-4,9-11,17H,5-8H2,1H3,(H,20,21). The maximum atomic E-state index is 11.0. The summed E-state index contributed by atoms with van der Waals surface area (Å²) in [6.45, 7) is 4.16. The van der Waals surface area contributed by atoms with Crippen LogP contribution in [0.15, 0.2) is 28.8 Å². The van der Waals surface area contributed by atoms with E-state index in [1.165, 1.54) is 0 Å². The number of aromatic nitrogens is 2. The Hall–Kier alpha value is -2.21. The highest BCUT2D eigenvalue weighted by atomic mass is 16.5. The summed E-state index contributed by atoms with van der Waals surface area (Å²) in [6.07, 6.45) is 2.21. The zero-order valence-corrected chi connectivity index (χ0v) is 12.5. The molecule has 6 heteroatoms. The number of hydrogen-bond donors (Lipinski definition) is 2. The van der Waals surface area contributed by atoms with Crippen LogP contribution in [0.1, 0.15) is 41.9 Å². The van der Waals surface area contributed by atoms with E-state index in [0.717, 1.165) is 25.9 Å². The van der Waals surface area contributed by atoms with Crippen molar-refractivity contribution in [2.75, 3.05) is 13.1 Å². The van der Waals surface area contributed by atoms with Gasteiger partial charge in [-0.15, -0.1) is 0 Å². The van der Waals surface area contributed by atoms with Crippen molar-refractivity contribution < 1.29 is 14.4 Å². The van der Waals surface area contributed by atoms with E-state index in [0.29, 0.717) is 23.2 Å². The molecule has 1 aliphatic heterocycles. The van der Waals surface area contributed by atoms with Gasteiger partial charge >= 0.3 is 5.97 Å². The van der Waals surface area contributed by atoms with Crippen LogP contribution in [-0.4, -0.2) is 34.3 Å². The number of benzene rings is 1. The topological polar surface area (TPSA) is 88.2 Å². The van der Waals surface area contributed by atoms with E-state index in [-0.39, 0.29) is 11.5 Å². The molecule has 1 saturated heterocycles. The van der Waals surface area contributed by atoms with Gasteiger partial charge in [-0.3, -0.25) is 0 Å². The Balaban J connectivity index is 1.81. The molecule has 1 unspecified atom stereocenters. The molecule has 1 atom stereocenters. The molecule has 3 rings (SSSR count). The van der Waals surface area contributed by atoms with Crippen LogP contribution in [0, 0.1) is 5.92 Å². The van der Waals surface area contributed by atoms with Gasteiger partial charge in [-0.25, -0.2) is 4.79 Å². The second-order valence-electron chi connectivity index (χ2n) is 5.72. The van der Waals surface area contributed by atoms with Gasteiger partial charge in [0.1, 0.15) is 0 Å². The number of carbonyl (C=O) groups is 1. The van der Waals surface area contributed by atoms with E-state index in [2.05, 4.69) is 22.4 Å². The minimum absolute atomic E-state index is 0.214. The largest absolute Gasteiger partial charge is 0.478 e. The number of piperidine rings is 1. The van der Waals surface area contributed by atoms with Gasteiger partial charge < -0.3 is 14.9 Å². The normalized spacial score (nSPS) is 17.3. The van der Waals surface area contributed by atoms with Gasteiger partial charge in [-0.1, -0.05) is 24.2 Å². The Morgan fingerprint density at radius 3 is 2.91 bits per heavy atom. The molecule has 1 aromatic carbocycles. The number of nitrogens with zero attached hydrogens (tertiary/aromatic N) is 2. The number of carboxylic acids is 1. The summed E-state index contributed by atoms with van der Waals surface area (Å²) in [7, 11) is 0. The van der Waals surface area contributed by atoms with Crippen molar-refractivity contribution in [2.24, 2.45) is 5.92 Å². The van der Waals surface area contributed by atoms with Crippen molar-refractivity contribution in [1.82, 2.24) is 15.5 Å². The predicted molar refractivity (Wildman–Crippen MR) is 80.7 cm³/mol. The fourth-order valence-electron chi connectivity index (χ4n) is 2.87. The van der Waals surface area contributed by atoms with Crippen molar-refractivity contribution in [3.63, 3.8) is 0 Å². The molecule has 2 N–H and O–H groups in total. The zero-order valence-electron chi connectivity index (χ0n) is 12.5. The van der Waals surface area contributed by atoms with Crippen LogP contribution in [0.5, 0.6) is 0 Å². The first-order valence-corrected chi connectivity index (χ1v) is 7.53. The van der Waals surface area contributed by atoms with Crippen LogP contribution in [0.25, 0.3) is 11.4 Å². The first-order chi connectivity index (χ1) is 10.6. The van der Waals surface area contributed by atoms with Gasteiger partial charge in [0.05, 0.1) is 5.56 Å². The molecule has 0 bridgehead atoms. The fraction of sp³-hybridized carbons (Fsp3) is 0.438. The van der Waals surface area contributed by atoms with E-state index in [4.69, 9.17) is 9.63 Å². The van der Waals surface area contributed by atoms with Gasteiger partial charge in [0, 0.05) is 11.5 Å². The summed E-state index contributed by atoms with van der Waals surface area (Å²) in [5.74, 6) is 0.862. The van der Waals surface area contributed by atoms with Crippen LogP contribution in [-0.2, 0) is 0 Å². The van der Waals surface area contributed by atoms with Crippen LogP contribution in [0.4, 0.5) is 0 Å². The van der Waals surface area contributed by atoms with Gasteiger partial charge in [0.25, 0.3) is 0 Å². The molecule has 1 fully saturated rings. The van der Waals surface area contributed by atoms with Crippen LogP contribution >= 0.6 is 0 Å². The fourth-order valence-corrected chi connectivity index (χ4v) is 2.87.